The van der Waals surface area contributed by atoms with Crippen LogP contribution in [-0.2, 0) is 17.8 Å². The molecular weight excluding hydrogens is 432 g/mol. The molecule has 10 nitrogen and oxygen atoms in total. The van der Waals surface area contributed by atoms with Gasteiger partial charge in [0.1, 0.15) is 11.5 Å². The molecule has 0 fully saturated rings. The van der Waals surface area contributed by atoms with Gasteiger partial charge in [0.15, 0.2) is 0 Å². The van der Waals surface area contributed by atoms with Crippen LogP contribution in [0, 0.1) is 0 Å². The Kier molecular flexibility index (Phi) is 5.88. The molecule has 0 saturated carbocycles. The molecule has 1 aliphatic heterocycles. The highest BCUT2D eigenvalue weighted by Crippen LogP contribution is 2.29. The number of carbonyl (C=O) groups is 1. The summed E-state index contributed by atoms with van der Waals surface area (Å²) in [4.78, 5) is 22.8. The van der Waals surface area contributed by atoms with Crippen LogP contribution in [0.3, 0.4) is 0 Å². The van der Waals surface area contributed by atoms with Crippen LogP contribution in [0.4, 0.5) is 17.5 Å². The molecule has 3 heterocycles. The Morgan fingerprint density at radius 2 is 2.00 bits per heavy atom. The summed E-state index contributed by atoms with van der Waals surface area (Å²) in [5, 5.41) is 27.3. The average molecular weight is 457 g/mol. The number of nitrogens with one attached hydrogen (secondary N) is 3. The Labute approximate surface area is 196 Å². The van der Waals surface area contributed by atoms with Crippen LogP contribution in [0.2, 0.25) is 0 Å². The second-order valence-electron chi connectivity index (χ2n) is 8.14. The average Bonchev–Trinajstić information content (AvgIpc) is 3.39. The third kappa shape index (κ3) is 4.44. The minimum Gasteiger partial charge on any atom is -0.394 e. The van der Waals surface area contributed by atoms with Gasteiger partial charge in [0.25, 0.3) is 0 Å². The maximum Gasteiger partial charge on any atom is 0.229 e. The monoisotopic (exact) mass is 456 g/mol. The molecule has 4 N–H and O–H groups in total. The Hall–Kier alpha value is -4.31. The number of amides is 1. The number of hydrogen-bond donors (Lipinski definition) is 4. The summed E-state index contributed by atoms with van der Waals surface area (Å²) in [6, 6.07) is 15.2. The van der Waals surface area contributed by atoms with Crippen molar-refractivity contribution in [3.8, 4) is 11.3 Å². The van der Waals surface area contributed by atoms with Crippen LogP contribution in [0.1, 0.15) is 22.7 Å². The van der Waals surface area contributed by atoms with Crippen molar-refractivity contribution in [2.45, 2.75) is 19.0 Å². The zero-order valence-electron chi connectivity index (χ0n) is 18.6. The van der Waals surface area contributed by atoms with Crippen LogP contribution < -0.4 is 10.6 Å². The maximum absolute atomic E-state index is 12.0. The second-order valence-corrected chi connectivity index (χ2v) is 8.14. The predicted octanol–water partition coefficient (Wildman–Crippen LogP) is 2.67. The summed E-state index contributed by atoms with van der Waals surface area (Å²) in [6.45, 7) is 0.448. The van der Waals surface area contributed by atoms with Crippen molar-refractivity contribution in [3.63, 3.8) is 0 Å². The lowest BCUT2D eigenvalue weighted by Crippen LogP contribution is -2.32. The van der Waals surface area contributed by atoms with Crippen molar-refractivity contribution in [3.05, 3.63) is 77.6 Å². The number of anilines is 3. The molecule has 5 rings (SSSR count). The highest BCUT2D eigenvalue weighted by Gasteiger charge is 2.21. The lowest BCUT2D eigenvalue weighted by atomic mass is 9.99. The molecule has 0 aliphatic carbocycles. The van der Waals surface area contributed by atoms with E-state index < -0.39 is 0 Å². The Morgan fingerprint density at radius 3 is 2.76 bits per heavy atom. The SMILES string of the molecule is CN1Cc2cc(Nc3ncc(-c4cn[nH]n4)c(N[C@H](CO)c4ccccc4)n3)ccc2CC1=O. The molecule has 34 heavy (non-hydrogen) atoms. The summed E-state index contributed by atoms with van der Waals surface area (Å²) >= 11 is 0. The number of carbonyl (C=O) groups excluding carboxylic acids is 1. The fourth-order valence-electron chi connectivity index (χ4n) is 3.95. The topological polar surface area (TPSA) is 132 Å². The van der Waals surface area contributed by atoms with Crippen LogP contribution in [0.5, 0.6) is 0 Å². The van der Waals surface area contributed by atoms with Crippen LogP contribution in [-0.4, -0.2) is 54.9 Å². The molecule has 0 spiro atoms. The standard InChI is InChI=1S/C24H24N8O2/c1-32-13-17-9-18(8-7-16(17)10-22(32)34)27-24-25-11-19(20-12-26-31-30-20)23(29-24)28-21(14-33)15-5-3-2-4-6-15/h2-9,11-12,21,33H,10,13-14H2,1H3,(H,26,30,31)(H2,25,27,28,29)/t21-/m1/s1. The number of hydrogen-bond acceptors (Lipinski definition) is 8. The van der Waals surface area contributed by atoms with E-state index in [-0.39, 0.29) is 18.6 Å². The number of aromatic nitrogens is 5. The van der Waals surface area contributed by atoms with E-state index in [1.165, 1.54) is 0 Å². The van der Waals surface area contributed by atoms with Gasteiger partial charge in [-0.3, -0.25) is 4.79 Å². The molecule has 172 valence electrons. The molecular formula is C24H24N8O2. The Balaban J connectivity index is 1.45. The van der Waals surface area contributed by atoms with Gasteiger partial charge in [-0.15, -0.1) is 0 Å². The highest BCUT2D eigenvalue weighted by molar-refractivity contribution is 5.81. The van der Waals surface area contributed by atoms with Gasteiger partial charge in [-0.2, -0.15) is 20.4 Å². The largest absolute Gasteiger partial charge is 0.394 e. The summed E-state index contributed by atoms with van der Waals surface area (Å²) in [5.41, 5.74) is 5.11. The van der Waals surface area contributed by atoms with Crippen molar-refractivity contribution in [2.24, 2.45) is 0 Å². The number of nitrogens with zero attached hydrogens (tertiary/aromatic N) is 5. The van der Waals surface area contributed by atoms with Crippen LogP contribution in [0.15, 0.2) is 60.9 Å². The Bertz CT molecular complexity index is 1290. The number of benzene rings is 2. The fourth-order valence-corrected chi connectivity index (χ4v) is 3.95. The molecule has 10 heteroatoms. The Morgan fingerprint density at radius 1 is 1.15 bits per heavy atom. The summed E-state index contributed by atoms with van der Waals surface area (Å²) in [7, 11) is 1.80. The van der Waals surface area contributed by atoms with Gasteiger partial charge in [-0.05, 0) is 28.8 Å². The van der Waals surface area contributed by atoms with Gasteiger partial charge in [-0.25, -0.2) is 4.98 Å². The number of fused-ring (bicyclic) bond motifs is 1. The van der Waals surface area contributed by atoms with Crippen molar-refractivity contribution >= 4 is 23.4 Å². The van der Waals surface area contributed by atoms with E-state index in [9.17, 15) is 9.90 Å². The van der Waals surface area contributed by atoms with E-state index >= 15 is 0 Å². The summed E-state index contributed by atoms with van der Waals surface area (Å²) < 4.78 is 0. The fraction of sp³-hybridized carbons (Fsp3) is 0.208. The molecule has 1 aliphatic rings. The molecule has 2 aromatic carbocycles. The molecule has 2 aromatic heterocycles. The molecule has 0 radical (unpaired) electrons. The lowest BCUT2D eigenvalue weighted by Gasteiger charge is -2.25. The first-order valence-electron chi connectivity index (χ1n) is 10.9. The predicted molar refractivity (Wildman–Crippen MR) is 127 cm³/mol. The van der Waals surface area contributed by atoms with Gasteiger partial charge >= 0.3 is 0 Å². The molecule has 1 atom stereocenters. The first-order valence-corrected chi connectivity index (χ1v) is 10.9. The number of rotatable bonds is 7. The van der Waals surface area contributed by atoms with Crippen molar-refractivity contribution in [1.29, 1.82) is 0 Å². The zero-order valence-corrected chi connectivity index (χ0v) is 18.6. The van der Waals surface area contributed by atoms with E-state index in [0.717, 1.165) is 22.4 Å². The quantitative estimate of drug-likeness (QED) is 0.334. The molecule has 0 bridgehead atoms. The van der Waals surface area contributed by atoms with E-state index in [2.05, 4.69) is 36.0 Å². The molecule has 0 saturated heterocycles. The van der Waals surface area contributed by atoms with E-state index in [0.29, 0.717) is 36.0 Å². The molecule has 0 unspecified atom stereocenters. The van der Waals surface area contributed by atoms with Crippen LogP contribution >= 0.6 is 0 Å². The summed E-state index contributed by atoms with van der Waals surface area (Å²) in [6.07, 6.45) is 3.67. The number of aliphatic hydroxyl groups excluding tert-OH is 1. The van der Waals surface area contributed by atoms with Gasteiger partial charge in [0.05, 0.1) is 30.8 Å². The van der Waals surface area contributed by atoms with Crippen LogP contribution in [0.25, 0.3) is 11.3 Å². The van der Waals surface area contributed by atoms with E-state index in [4.69, 9.17) is 0 Å². The molecule has 1 amide bonds. The number of aromatic amines is 1. The highest BCUT2D eigenvalue weighted by atomic mass is 16.3. The van der Waals surface area contributed by atoms with Crippen molar-refractivity contribution in [1.82, 2.24) is 30.3 Å². The van der Waals surface area contributed by atoms with Crippen molar-refractivity contribution < 1.29 is 9.90 Å². The lowest BCUT2D eigenvalue weighted by molar-refractivity contribution is -0.130. The van der Waals surface area contributed by atoms with E-state index in [1.54, 1.807) is 24.3 Å². The normalized spacial score (nSPS) is 13.9. The van der Waals surface area contributed by atoms with Gasteiger partial charge in [0.2, 0.25) is 11.9 Å². The summed E-state index contributed by atoms with van der Waals surface area (Å²) in [5.74, 6) is 1.02. The zero-order chi connectivity index (χ0) is 23.5. The van der Waals surface area contributed by atoms with Gasteiger partial charge < -0.3 is 20.6 Å². The maximum atomic E-state index is 12.0. The van der Waals surface area contributed by atoms with Gasteiger partial charge in [0, 0.05) is 25.5 Å². The minimum absolute atomic E-state index is 0.118. The second kappa shape index (κ2) is 9.28. The minimum atomic E-state index is -0.369. The molecule has 4 aromatic rings. The first-order chi connectivity index (χ1) is 16.6. The smallest absolute Gasteiger partial charge is 0.229 e. The van der Waals surface area contributed by atoms with Crippen molar-refractivity contribution in [2.75, 3.05) is 24.3 Å². The van der Waals surface area contributed by atoms with Gasteiger partial charge in [-0.1, -0.05) is 36.4 Å². The third-order valence-corrected chi connectivity index (χ3v) is 5.81. The first kappa shape index (κ1) is 21.5. The van der Waals surface area contributed by atoms with E-state index in [1.807, 2.05) is 48.5 Å². The number of likely N-dealkylation sites (N-methyl/N-ethyl adjacent to an activating group) is 1. The third-order valence-electron chi connectivity index (χ3n) is 5.81. The number of aliphatic hydroxyl groups is 1. The number of H-pyrrole nitrogens is 1.